The molecule has 1 aliphatic heterocycles. The summed E-state index contributed by atoms with van der Waals surface area (Å²) < 4.78 is 5.84. The second kappa shape index (κ2) is 6.52. The van der Waals surface area contributed by atoms with Crippen LogP contribution in [0.2, 0.25) is 0 Å². The lowest BCUT2D eigenvalue weighted by atomic mass is 9.97. The zero-order chi connectivity index (χ0) is 16.4. The molecule has 0 aromatic carbocycles. The van der Waals surface area contributed by atoms with Crippen molar-refractivity contribution >= 4 is 17.2 Å². The van der Waals surface area contributed by atoms with Crippen LogP contribution in [0.15, 0.2) is 46.5 Å². The summed E-state index contributed by atoms with van der Waals surface area (Å²) in [5.74, 6) is 1.25. The van der Waals surface area contributed by atoms with Crippen molar-refractivity contribution in [3.05, 3.63) is 53.5 Å². The van der Waals surface area contributed by atoms with Crippen LogP contribution in [0.1, 0.15) is 35.0 Å². The quantitative estimate of drug-likeness (QED) is 0.732. The molecule has 6 nitrogen and oxygen atoms in total. The van der Waals surface area contributed by atoms with Crippen LogP contribution in [-0.4, -0.2) is 39.1 Å². The number of thiophene rings is 1. The molecule has 0 aliphatic carbocycles. The standard InChI is InChI=1S/C17H16N4O2S/c22-17(12-4-1-7-18-10-12)21-8-2-5-13(11-21)15-19-20-16(23-15)14-6-3-9-24-14/h1,3-4,6-7,9-10,13H,2,5,8,11H2. The van der Waals surface area contributed by atoms with E-state index in [4.69, 9.17) is 4.42 Å². The number of rotatable bonds is 3. The summed E-state index contributed by atoms with van der Waals surface area (Å²) in [6.07, 6.45) is 5.14. The van der Waals surface area contributed by atoms with Crippen LogP contribution in [-0.2, 0) is 0 Å². The average Bonchev–Trinajstić information content (AvgIpc) is 3.33. The molecule has 1 amide bonds. The van der Waals surface area contributed by atoms with E-state index in [2.05, 4.69) is 15.2 Å². The van der Waals surface area contributed by atoms with Gasteiger partial charge < -0.3 is 9.32 Å². The number of hydrogen-bond acceptors (Lipinski definition) is 6. The summed E-state index contributed by atoms with van der Waals surface area (Å²) in [5.41, 5.74) is 0.614. The van der Waals surface area contributed by atoms with E-state index in [0.717, 1.165) is 24.3 Å². The molecule has 4 heterocycles. The first-order chi connectivity index (χ1) is 11.8. The second-order valence-electron chi connectivity index (χ2n) is 5.75. The SMILES string of the molecule is O=C(c1cccnc1)N1CCCC(c2nnc(-c3cccs3)o2)C1. The van der Waals surface area contributed by atoms with E-state index >= 15 is 0 Å². The van der Waals surface area contributed by atoms with Gasteiger partial charge in [0.05, 0.1) is 16.4 Å². The van der Waals surface area contributed by atoms with Gasteiger partial charge in [-0.25, -0.2) is 0 Å². The molecule has 1 saturated heterocycles. The van der Waals surface area contributed by atoms with Gasteiger partial charge in [-0.1, -0.05) is 6.07 Å². The normalized spacial score (nSPS) is 17.8. The molecule has 0 saturated carbocycles. The Kier molecular flexibility index (Phi) is 4.08. The van der Waals surface area contributed by atoms with Crippen LogP contribution < -0.4 is 0 Å². The van der Waals surface area contributed by atoms with Crippen molar-refractivity contribution in [1.82, 2.24) is 20.1 Å². The maximum atomic E-state index is 12.6. The summed E-state index contributed by atoms with van der Waals surface area (Å²) >= 11 is 1.57. The van der Waals surface area contributed by atoms with E-state index in [1.807, 2.05) is 22.4 Å². The largest absolute Gasteiger partial charge is 0.420 e. The molecule has 3 aromatic heterocycles. The number of aromatic nitrogens is 3. The minimum atomic E-state index is 0.00537. The molecule has 122 valence electrons. The van der Waals surface area contributed by atoms with Gasteiger partial charge in [-0.2, -0.15) is 0 Å². The van der Waals surface area contributed by atoms with Gasteiger partial charge in [0, 0.05) is 25.5 Å². The molecule has 0 spiro atoms. The molecule has 0 bridgehead atoms. The van der Waals surface area contributed by atoms with Crippen molar-refractivity contribution in [1.29, 1.82) is 0 Å². The van der Waals surface area contributed by atoms with Crippen LogP contribution in [0, 0.1) is 0 Å². The first-order valence-electron chi connectivity index (χ1n) is 7.88. The predicted molar refractivity (Wildman–Crippen MR) is 89.7 cm³/mol. The Labute approximate surface area is 143 Å². The van der Waals surface area contributed by atoms with Crippen molar-refractivity contribution in [3.8, 4) is 10.8 Å². The molecule has 0 radical (unpaired) electrons. The topological polar surface area (TPSA) is 72.1 Å². The number of amides is 1. The van der Waals surface area contributed by atoms with Gasteiger partial charge in [0.15, 0.2) is 0 Å². The predicted octanol–water partition coefficient (Wildman–Crippen LogP) is 3.21. The maximum Gasteiger partial charge on any atom is 0.257 e. The van der Waals surface area contributed by atoms with Crippen molar-refractivity contribution < 1.29 is 9.21 Å². The molecule has 1 atom stereocenters. The third kappa shape index (κ3) is 2.94. The average molecular weight is 340 g/mol. The fraction of sp³-hybridized carbons (Fsp3) is 0.294. The van der Waals surface area contributed by atoms with E-state index in [0.29, 0.717) is 23.9 Å². The molecule has 4 rings (SSSR count). The number of carbonyl (C=O) groups is 1. The molecule has 1 aliphatic rings. The molecule has 1 fully saturated rings. The van der Waals surface area contributed by atoms with Gasteiger partial charge in [0.1, 0.15) is 0 Å². The molecule has 0 N–H and O–H groups in total. The number of nitrogens with zero attached hydrogens (tertiary/aromatic N) is 4. The highest BCUT2D eigenvalue weighted by atomic mass is 32.1. The Balaban J connectivity index is 1.50. The van der Waals surface area contributed by atoms with Crippen LogP contribution >= 0.6 is 11.3 Å². The third-order valence-corrected chi connectivity index (χ3v) is 5.00. The molecule has 7 heteroatoms. The fourth-order valence-corrected chi connectivity index (χ4v) is 3.58. The highest BCUT2D eigenvalue weighted by molar-refractivity contribution is 7.13. The first-order valence-corrected chi connectivity index (χ1v) is 8.76. The van der Waals surface area contributed by atoms with Gasteiger partial charge in [-0.3, -0.25) is 9.78 Å². The van der Waals surface area contributed by atoms with E-state index in [1.54, 1.807) is 35.9 Å². The van der Waals surface area contributed by atoms with Crippen molar-refractivity contribution in [2.24, 2.45) is 0 Å². The van der Waals surface area contributed by atoms with Crippen LogP contribution in [0.5, 0.6) is 0 Å². The number of pyridine rings is 1. The van der Waals surface area contributed by atoms with Crippen LogP contribution in [0.3, 0.4) is 0 Å². The van der Waals surface area contributed by atoms with Gasteiger partial charge in [0.2, 0.25) is 5.89 Å². The lowest BCUT2D eigenvalue weighted by Crippen LogP contribution is -2.39. The Morgan fingerprint density at radius 1 is 1.29 bits per heavy atom. The van der Waals surface area contributed by atoms with E-state index in [9.17, 15) is 4.79 Å². The highest BCUT2D eigenvalue weighted by Crippen LogP contribution is 2.30. The Hall–Kier alpha value is -2.54. The summed E-state index contributed by atoms with van der Waals surface area (Å²) in [5, 5.41) is 10.3. The molecular weight excluding hydrogens is 324 g/mol. The minimum Gasteiger partial charge on any atom is -0.420 e. The summed E-state index contributed by atoms with van der Waals surface area (Å²) in [6, 6.07) is 7.49. The van der Waals surface area contributed by atoms with Gasteiger partial charge in [0.25, 0.3) is 11.8 Å². The number of carbonyl (C=O) groups excluding carboxylic acids is 1. The molecule has 3 aromatic rings. The number of piperidine rings is 1. The van der Waals surface area contributed by atoms with Gasteiger partial charge >= 0.3 is 0 Å². The molecular formula is C17H16N4O2S. The van der Waals surface area contributed by atoms with Gasteiger partial charge in [-0.05, 0) is 36.4 Å². The number of hydrogen-bond donors (Lipinski definition) is 0. The maximum absolute atomic E-state index is 12.6. The smallest absolute Gasteiger partial charge is 0.257 e. The second-order valence-corrected chi connectivity index (χ2v) is 6.70. The summed E-state index contributed by atoms with van der Waals surface area (Å²) in [7, 11) is 0. The lowest BCUT2D eigenvalue weighted by molar-refractivity contribution is 0.0698. The number of likely N-dealkylation sites (tertiary alicyclic amines) is 1. The molecule has 1 unspecified atom stereocenters. The highest BCUT2D eigenvalue weighted by Gasteiger charge is 2.29. The first kappa shape index (κ1) is 15.0. The Bertz CT molecular complexity index is 816. The monoisotopic (exact) mass is 340 g/mol. The zero-order valence-corrected chi connectivity index (χ0v) is 13.8. The lowest BCUT2D eigenvalue weighted by Gasteiger charge is -2.31. The summed E-state index contributed by atoms with van der Waals surface area (Å²) in [6.45, 7) is 1.34. The molecule has 24 heavy (non-hydrogen) atoms. The fourth-order valence-electron chi connectivity index (χ4n) is 2.93. The zero-order valence-electron chi connectivity index (χ0n) is 13.0. The van der Waals surface area contributed by atoms with Crippen molar-refractivity contribution in [3.63, 3.8) is 0 Å². The summed E-state index contributed by atoms with van der Waals surface area (Å²) in [4.78, 5) is 19.4. The van der Waals surface area contributed by atoms with Gasteiger partial charge in [-0.15, -0.1) is 21.5 Å². The van der Waals surface area contributed by atoms with E-state index in [-0.39, 0.29) is 11.8 Å². The Morgan fingerprint density at radius 3 is 3.04 bits per heavy atom. The minimum absolute atomic E-state index is 0.00537. The third-order valence-electron chi connectivity index (χ3n) is 4.14. The van der Waals surface area contributed by atoms with Crippen LogP contribution in [0.4, 0.5) is 0 Å². The van der Waals surface area contributed by atoms with E-state index in [1.165, 1.54) is 0 Å². The Morgan fingerprint density at radius 2 is 2.25 bits per heavy atom. The van der Waals surface area contributed by atoms with E-state index < -0.39 is 0 Å². The van der Waals surface area contributed by atoms with Crippen molar-refractivity contribution in [2.75, 3.05) is 13.1 Å². The van der Waals surface area contributed by atoms with Crippen LogP contribution in [0.25, 0.3) is 10.8 Å². The van der Waals surface area contributed by atoms with Crippen molar-refractivity contribution in [2.45, 2.75) is 18.8 Å².